The summed E-state index contributed by atoms with van der Waals surface area (Å²) >= 11 is 0. The fourth-order valence-corrected chi connectivity index (χ4v) is 11.3. The van der Waals surface area contributed by atoms with Gasteiger partial charge in [0.05, 0.1) is 47.6 Å². The van der Waals surface area contributed by atoms with Gasteiger partial charge < -0.3 is 44.2 Å². The summed E-state index contributed by atoms with van der Waals surface area (Å²) in [7, 11) is 0. The summed E-state index contributed by atoms with van der Waals surface area (Å²) in [4.78, 5) is 85.5. The molecular formula is C84H86N16O4. The van der Waals surface area contributed by atoms with Gasteiger partial charge in [0.15, 0.2) is 23.3 Å². The van der Waals surface area contributed by atoms with Crippen LogP contribution in [0.1, 0.15) is 86.0 Å². The molecule has 8 aromatic carbocycles. The van der Waals surface area contributed by atoms with E-state index in [0.717, 1.165) is 86.5 Å². The van der Waals surface area contributed by atoms with Crippen molar-refractivity contribution in [2.75, 3.05) is 44.2 Å². The van der Waals surface area contributed by atoms with Crippen LogP contribution in [-0.4, -0.2) is 63.5 Å². The van der Waals surface area contributed by atoms with E-state index in [0.29, 0.717) is 87.6 Å². The number of rotatable bonds is 18. The summed E-state index contributed by atoms with van der Waals surface area (Å²) in [6, 6.07) is 68.9. The number of amides is 4. The summed E-state index contributed by atoms with van der Waals surface area (Å²) in [5.41, 5.74) is 38.7. The minimum atomic E-state index is -0.184. The zero-order valence-corrected chi connectivity index (χ0v) is 59.0. The van der Waals surface area contributed by atoms with E-state index in [1.165, 1.54) is 26.2 Å². The van der Waals surface area contributed by atoms with Crippen molar-refractivity contribution in [2.45, 2.75) is 86.0 Å². The summed E-state index contributed by atoms with van der Waals surface area (Å²) in [6.45, 7) is 9.34. The Morgan fingerprint density at radius 1 is 0.375 bits per heavy atom. The molecule has 526 valence electrons. The van der Waals surface area contributed by atoms with E-state index in [4.69, 9.17) is 37.9 Å². The normalized spacial score (nSPS) is 11.9. The third-order valence-electron chi connectivity index (χ3n) is 17.0. The topological polar surface area (TPSA) is 324 Å². The number of nitrogens with one attached hydrogen (secondary N) is 4. The first kappa shape index (κ1) is 73.9. The maximum atomic E-state index is 12.7. The van der Waals surface area contributed by atoms with Crippen LogP contribution in [0.15, 0.2) is 243 Å². The highest BCUT2D eigenvalue weighted by Crippen LogP contribution is 2.34. The smallest absolute Gasteiger partial charge is 0.228 e. The van der Waals surface area contributed by atoms with Crippen LogP contribution in [0, 0.1) is 17.8 Å². The lowest BCUT2D eigenvalue weighted by atomic mass is 9.87. The molecule has 4 amide bonds. The van der Waals surface area contributed by atoms with Gasteiger partial charge in [-0.3, -0.25) is 19.2 Å². The Labute approximate surface area is 606 Å². The fourth-order valence-electron chi connectivity index (χ4n) is 11.3. The molecule has 1 unspecified atom stereocenters. The molecule has 20 heteroatoms. The van der Waals surface area contributed by atoms with Crippen LogP contribution in [0.3, 0.4) is 0 Å². The molecule has 0 spiro atoms. The average Bonchev–Trinajstić information content (AvgIpc) is 0.827. The van der Waals surface area contributed by atoms with Gasteiger partial charge in [-0.05, 0) is 79.6 Å². The molecule has 1 saturated carbocycles. The highest BCUT2D eigenvalue weighted by atomic mass is 16.2. The van der Waals surface area contributed by atoms with Crippen LogP contribution in [0.2, 0.25) is 0 Å². The van der Waals surface area contributed by atoms with E-state index in [2.05, 4.69) is 46.2 Å². The number of nitrogens with two attached hydrogens (primary N) is 4. The van der Waals surface area contributed by atoms with Gasteiger partial charge in [-0.1, -0.05) is 217 Å². The molecule has 0 bridgehead atoms. The van der Waals surface area contributed by atoms with Gasteiger partial charge in [-0.2, -0.15) is 0 Å². The van der Waals surface area contributed by atoms with Crippen LogP contribution in [0.4, 0.5) is 46.0 Å². The Kier molecular flexibility index (Phi) is 25.9. The maximum absolute atomic E-state index is 12.7. The molecule has 0 saturated heterocycles. The lowest BCUT2D eigenvalue weighted by Gasteiger charge is -2.21. The Balaban J connectivity index is 0.000000149. The third-order valence-corrected chi connectivity index (χ3v) is 17.0. The quantitative estimate of drug-likeness (QED) is 0.0370. The molecule has 12 N–H and O–H groups in total. The van der Waals surface area contributed by atoms with E-state index in [-0.39, 0.29) is 35.5 Å². The van der Waals surface area contributed by atoms with Crippen LogP contribution >= 0.6 is 0 Å². The molecule has 1 atom stereocenters. The molecule has 1 aliphatic carbocycles. The van der Waals surface area contributed by atoms with Crippen LogP contribution in [0.5, 0.6) is 0 Å². The van der Waals surface area contributed by atoms with Crippen molar-refractivity contribution in [3.8, 4) is 90.1 Å². The maximum Gasteiger partial charge on any atom is 0.228 e. The molecule has 0 radical (unpaired) electrons. The van der Waals surface area contributed by atoms with E-state index >= 15 is 0 Å². The first-order valence-corrected chi connectivity index (χ1v) is 34.7. The molecule has 20 nitrogen and oxygen atoms in total. The molecule has 4 aromatic heterocycles. The van der Waals surface area contributed by atoms with Crippen LogP contribution in [-0.2, 0) is 19.2 Å². The van der Waals surface area contributed by atoms with Crippen molar-refractivity contribution >= 4 is 69.6 Å². The van der Waals surface area contributed by atoms with Crippen LogP contribution in [0.25, 0.3) is 90.1 Å². The van der Waals surface area contributed by atoms with Gasteiger partial charge >= 0.3 is 0 Å². The van der Waals surface area contributed by atoms with Crippen molar-refractivity contribution < 1.29 is 19.2 Å². The molecule has 4 heterocycles. The molecule has 1 aliphatic rings. The Bertz CT molecular complexity index is 4800. The third kappa shape index (κ3) is 21.1. The first-order valence-electron chi connectivity index (χ1n) is 34.7. The number of benzene rings is 8. The second-order valence-electron chi connectivity index (χ2n) is 25.6. The zero-order chi connectivity index (χ0) is 73.3. The van der Waals surface area contributed by atoms with E-state index in [9.17, 15) is 19.2 Å². The average molecular weight is 1380 g/mol. The van der Waals surface area contributed by atoms with Gasteiger partial charge in [0.1, 0.15) is 22.8 Å². The van der Waals surface area contributed by atoms with Gasteiger partial charge in [0.25, 0.3) is 0 Å². The molecule has 104 heavy (non-hydrogen) atoms. The van der Waals surface area contributed by atoms with Gasteiger partial charge in [0, 0.05) is 92.9 Å². The Hall–Kier alpha value is -12.8. The zero-order valence-electron chi connectivity index (χ0n) is 59.0. The van der Waals surface area contributed by atoms with Gasteiger partial charge in [-0.25, -0.2) is 39.9 Å². The summed E-state index contributed by atoms with van der Waals surface area (Å²) < 4.78 is 0. The lowest BCUT2D eigenvalue weighted by Crippen LogP contribution is -2.21. The minimum Gasteiger partial charge on any atom is -0.399 e. The molecule has 0 aliphatic heterocycles. The molecule has 12 aromatic rings. The van der Waals surface area contributed by atoms with E-state index in [1.807, 2.05) is 246 Å². The largest absolute Gasteiger partial charge is 0.399 e. The first-order chi connectivity index (χ1) is 50.4. The number of nitrogen functional groups attached to an aromatic ring is 4. The molecule has 13 rings (SSSR count). The van der Waals surface area contributed by atoms with Crippen molar-refractivity contribution in [1.29, 1.82) is 0 Å². The Morgan fingerprint density at radius 3 is 0.952 bits per heavy atom. The molecule has 1 fully saturated rings. The van der Waals surface area contributed by atoms with Crippen LogP contribution < -0.4 is 44.2 Å². The minimum absolute atomic E-state index is 0.0172. The van der Waals surface area contributed by atoms with E-state index in [1.54, 1.807) is 24.8 Å². The highest BCUT2D eigenvalue weighted by molar-refractivity contribution is 5.96. The number of nitrogens with zero attached hydrogens (tertiary/aromatic N) is 8. The van der Waals surface area contributed by atoms with Crippen molar-refractivity contribution in [3.05, 3.63) is 243 Å². The monoisotopic (exact) mass is 1380 g/mol. The predicted octanol–water partition coefficient (Wildman–Crippen LogP) is 17.4. The number of carbonyl (C=O) groups excluding carboxylic acids is 4. The highest BCUT2D eigenvalue weighted by Gasteiger charge is 2.22. The number of anilines is 8. The second-order valence-corrected chi connectivity index (χ2v) is 25.6. The summed E-state index contributed by atoms with van der Waals surface area (Å²) in [6.07, 6.45) is 14.5. The number of carbonyl (C=O) groups is 4. The lowest BCUT2D eigenvalue weighted by molar-refractivity contribution is -0.119. The van der Waals surface area contributed by atoms with Gasteiger partial charge in [0.2, 0.25) is 23.6 Å². The van der Waals surface area contributed by atoms with Crippen molar-refractivity contribution in [1.82, 2.24) is 39.9 Å². The van der Waals surface area contributed by atoms with Crippen molar-refractivity contribution in [3.63, 3.8) is 0 Å². The number of hydrogen-bond donors (Lipinski definition) is 8. The standard InChI is InChI=1S/C24H26N4O.2C21H22N4O.C18H16N4O/c25-20-13-11-18(12-14-20)21-16-26-24(23(27-21)19-9-5-2-6-10-19)28-22(29)15-17-7-3-1-4-8-17;1-14(2)12-19(26)25-21-20(16-6-4-3-5-7-16)24-18(13-23-21)15-8-10-17(22)11-9-15;1-3-14(2)21(26)25-20-19(16-7-5-4-6-8-16)24-18(13-23-20)15-9-11-17(22)12-10-15;1-12(23)21-18-17(14-5-3-2-4-6-14)22-16(11-20-18)13-7-9-15(19)10-8-13/h2,5-6,9-14,16-17H,1,3-4,7-8,15,25H2,(H,26,28,29);3-11,13-14H,12,22H2,1-2H3,(H,23,25,26);4-14H,3,22H2,1-2H3,(H,23,25,26);2-11H,19H2,1H3,(H,20,21,23). The second kappa shape index (κ2) is 36.5. The van der Waals surface area contributed by atoms with Gasteiger partial charge in [-0.15, -0.1) is 0 Å². The predicted molar refractivity (Wildman–Crippen MR) is 420 cm³/mol. The number of hydrogen-bond acceptors (Lipinski definition) is 16. The summed E-state index contributed by atoms with van der Waals surface area (Å²) in [5, 5.41) is 11.5. The SMILES string of the molecule is CC(=O)Nc1ncc(-c2ccc(N)cc2)nc1-c1ccccc1.CC(C)CC(=O)Nc1ncc(-c2ccc(N)cc2)nc1-c1ccccc1.CCC(C)C(=O)Nc1ncc(-c2ccc(N)cc2)nc1-c1ccccc1.Nc1ccc(-c2cnc(NC(=O)CC3CCCCC3)c(-c3ccccc3)n2)cc1. The summed E-state index contributed by atoms with van der Waals surface area (Å²) in [5.74, 6) is 2.28. The van der Waals surface area contributed by atoms with E-state index < -0.39 is 0 Å². The van der Waals surface area contributed by atoms with Crippen molar-refractivity contribution in [2.24, 2.45) is 17.8 Å². The fraction of sp³-hybridized carbons (Fsp3) is 0.190. The molecular weight excluding hydrogens is 1300 g/mol. The Morgan fingerprint density at radius 2 is 0.663 bits per heavy atom. The number of aromatic nitrogens is 8.